The number of carbonyl (C=O) groups excluding carboxylic acids is 1. The highest BCUT2D eigenvalue weighted by atomic mass is 32.1. The summed E-state index contributed by atoms with van der Waals surface area (Å²) >= 11 is 1.69. The lowest BCUT2D eigenvalue weighted by molar-refractivity contribution is -0.120. The first kappa shape index (κ1) is 17.3. The van der Waals surface area contributed by atoms with Crippen LogP contribution >= 0.6 is 11.3 Å². The molecule has 5 nitrogen and oxygen atoms in total. The van der Waals surface area contributed by atoms with Crippen molar-refractivity contribution in [2.75, 3.05) is 18.5 Å². The number of ether oxygens (including phenoxy) is 2. The zero-order valence-electron chi connectivity index (χ0n) is 15.3. The lowest BCUT2D eigenvalue weighted by Crippen LogP contribution is -2.29. The van der Waals surface area contributed by atoms with Crippen LogP contribution in [0.5, 0.6) is 11.5 Å². The van der Waals surface area contributed by atoms with Gasteiger partial charge in [0.2, 0.25) is 5.91 Å². The van der Waals surface area contributed by atoms with Crippen molar-refractivity contribution in [2.45, 2.75) is 18.8 Å². The van der Waals surface area contributed by atoms with Gasteiger partial charge in [0, 0.05) is 17.7 Å². The van der Waals surface area contributed by atoms with Crippen molar-refractivity contribution in [3.05, 3.63) is 59.6 Å². The lowest BCUT2D eigenvalue weighted by atomic mass is 9.82. The van der Waals surface area contributed by atoms with Crippen molar-refractivity contribution in [3.63, 3.8) is 0 Å². The minimum absolute atomic E-state index is 0.0188. The monoisotopic (exact) mass is 392 g/mol. The molecule has 1 aromatic heterocycles. The number of allylic oxidation sites excluding steroid dienone is 2. The van der Waals surface area contributed by atoms with E-state index in [0.717, 1.165) is 39.5 Å². The first-order valence-electron chi connectivity index (χ1n) is 9.49. The summed E-state index contributed by atoms with van der Waals surface area (Å²) in [6.07, 6.45) is 5.80. The third-order valence-corrected chi connectivity index (χ3v) is 6.37. The van der Waals surface area contributed by atoms with Crippen molar-refractivity contribution in [1.29, 1.82) is 0 Å². The molecule has 2 heterocycles. The van der Waals surface area contributed by atoms with Crippen molar-refractivity contribution in [2.24, 2.45) is 5.92 Å². The van der Waals surface area contributed by atoms with Crippen molar-refractivity contribution >= 4 is 33.1 Å². The molecular formula is C22H20N2O3S. The minimum atomic E-state index is -0.140. The molecule has 0 saturated heterocycles. The van der Waals surface area contributed by atoms with E-state index in [1.54, 1.807) is 11.3 Å². The number of para-hydroxylation sites is 1. The molecule has 0 fully saturated rings. The van der Waals surface area contributed by atoms with Gasteiger partial charge in [-0.1, -0.05) is 24.3 Å². The molecule has 1 aliphatic heterocycles. The van der Waals surface area contributed by atoms with Crippen molar-refractivity contribution in [3.8, 4) is 11.5 Å². The van der Waals surface area contributed by atoms with E-state index in [1.807, 2.05) is 36.4 Å². The van der Waals surface area contributed by atoms with E-state index >= 15 is 0 Å². The van der Waals surface area contributed by atoms with Gasteiger partial charge in [0.25, 0.3) is 0 Å². The Morgan fingerprint density at radius 2 is 1.86 bits per heavy atom. The van der Waals surface area contributed by atoms with Crippen LogP contribution in [0.25, 0.3) is 10.2 Å². The number of hydrogen-bond acceptors (Lipinski definition) is 5. The first-order valence-corrected chi connectivity index (χ1v) is 10.3. The quantitative estimate of drug-likeness (QED) is 0.653. The number of aromatic nitrogens is 1. The first-order chi connectivity index (χ1) is 13.8. The fourth-order valence-electron chi connectivity index (χ4n) is 3.78. The summed E-state index contributed by atoms with van der Waals surface area (Å²) in [5.41, 5.74) is 1.73. The third-order valence-electron chi connectivity index (χ3n) is 5.21. The van der Waals surface area contributed by atoms with Gasteiger partial charge in [0.1, 0.15) is 13.2 Å². The number of amides is 1. The summed E-state index contributed by atoms with van der Waals surface area (Å²) < 4.78 is 12.3. The number of benzene rings is 2. The molecule has 2 aromatic carbocycles. The Bertz CT molecular complexity index is 1030. The van der Waals surface area contributed by atoms with Crippen LogP contribution in [0, 0.1) is 5.92 Å². The fraction of sp³-hybridized carbons (Fsp3) is 0.273. The molecule has 142 valence electrons. The summed E-state index contributed by atoms with van der Waals surface area (Å²) in [6, 6.07) is 13.7. The molecule has 0 saturated carbocycles. The summed E-state index contributed by atoms with van der Waals surface area (Å²) in [7, 11) is 0. The lowest BCUT2D eigenvalue weighted by Gasteiger charge is -2.26. The Morgan fingerprint density at radius 3 is 2.75 bits per heavy atom. The third kappa shape index (κ3) is 3.24. The summed E-state index contributed by atoms with van der Waals surface area (Å²) in [4.78, 5) is 17.9. The molecule has 5 rings (SSSR count). The van der Waals surface area contributed by atoms with E-state index in [2.05, 4.69) is 23.5 Å². The summed E-state index contributed by atoms with van der Waals surface area (Å²) in [5, 5.41) is 4.10. The summed E-state index contributed by atoms with van der Waals surface area (Å²) in [6.45, 7) is 1.08. The van der Waals surface area contributed by atoms with E-state index in [9.17, 15) is 4.79 Å². The van der Waals surface area contributed by atoms with E-state index in [-0.39, 0.29) is 17.7 Å². The predicted octanol–water partition coefficient (Wildman–Crippen LogP) is 4.76. The number of fused-ring (bicyclic) bond motifs is 2. The van der Waals surface area contributed by atoms with Gasteiger partial charge in [0.05, 0.1) is 21.1 Å². The second-order valence-corrected chi connectivity index (χ2v) is 8.09. The van der Waals surface area contributed by atoms with Gasteiger partial charge in [-0.2, -0.15) is 0 Å². The van der Waals surface area contributed by atoms with Crippen LogP contribution in [0.2, 0.25) is 0 Å². The van der Waals surface area contributed by atoms with Gasteiger partial charge in [0.15, 0.2) is 11.5 Å². The molecule has 0 bridgehead atoms. The van der Waals surface area contributed by atoms with Crippen LogP contribution in [0.1, 0.15) is 23.8 Å². The van der Waals surface area contributed by atoms with Gasteiger partial charge < -0.3 is 14.8 Å². The van der Waals surface area contributed by atoms with Crippen LogP contribution in [-0.4, -0.2) is 24.1 Å². The number of nitrogens with zero attached hydrogens (tertiary/aromatic N) is 1. The molecule has 2 unspecified atom stereocenters. The van der Waals surface area contributed by atoms with Crippen LogP contribution < -0.4 is 14.8 Å². The van der Waals surface area contributed by atoms with Crippen LogP contribution in [-0.2, 0) is 4.79 Å². The maximum atomic E-state index is 13.1. The Kier molecular flexibility index (Phi) is 4.49. The molecule has 1 N–H and O–H groups in total. The normalized spacial score (nSPS) is 20.9. The highest BCUT2D eigenvalue weighted by Crippen LogP contribution is 2.39. The maximum absolute atomic E-state index is 13.1. The van der Waals surface area contributed by atoms with Crippen LogP contribution in [0.4, 0.5) is 5.69 Å². The van der Waals surface area contributed by atoms with E-state index in [0.29, 0.717) is 19.0 Å². The Morgan fingerprint density at radius 1 is 1.04 bits per heavy atom. The fourth-order valence-corrected chi connectivity index (χ4v) is 4.93. The van der Waals surface area contributed by atoms with Gasteiger partial charge in [-0.3, -0.25) is 4.79 Å². The molecule has 0 spiro atoms. The number of nitrogens with one attached hydrogen (secondary N) is 1. The van der Waals surface area contributed by atoms with Gasteiger partial charge in [-0.05, 0) is 37.1 Å². The van der Waals surface area contributed by atoms with Crippen molar-refractivity contribution < 1.29 is 14.3 Å². The molecule has 2 atom stereocenters. The van der Waals surface area contributed by atoms with E-state index < -0.39 is 0 Å². The molecule has 2 aliphatic rings. The molecule has 0 radical (unpaired) electrons. The number of carbonyl (C=O) groups is 1. The number of thiazole rings is 1. The number of rotatable bonds is 3. The maximum Gasteiger partial charge on any atom is 0.228 e. The van der Waals surface area contributed by atoms with E-state index in [4.69, 9.17) is 14.5 Å². The highest BCUT2D eigenvalue weighted by molar-refractivity contribution is 7.18. The van der Waals surface area contributed by atoms with Gasteiger partial charge in [-0.15, -0.1) is 11.3 Å². The molecule has 1 aliphatic carbocycles. The second kappa shape index (κ2) is 7.28. The molecular weight excluding hydrogens is 372 g/mol. The largest absolute Gasteiger partial charge is 0.486 e. The van der Waals surface area contributed by atoms with Gasteiger partial charge in [-0.25, -0.2) is 4.98 Å². The smallest absolute Gasteiger partial charge is 0.228 e. The second-order valence-electron chi connectivity index (χ2n) is 7.02. The average Bonchev–Trinajstić information content (AvgIpc) is 3.18. The zero-order valence-corrected chi connectivity index (χ0v) is 16.1. The Balaban J connectivity index is 1.38. The Labute approximate surface area is 167 Å². The van der Waals surface area contributed by atoms with Crippen molar-refractivity contribution in [1.82, 2.24) is 4.98 Å². The molecule has 3 aromatic rings. The highest BCUT2D eigenvalue weighted by Gasteiger charge is 2.32. The summed E-state index contributed by atoms with van der Waals surface area (Å²) in [5.74, 6) is 1.37. The van der Waals surface area contributed by atoms with Gasteiger partial charge >= 0.3 is 0 Å². The van der Waals surface area contributed by atoms with Crippen LogP contribution in [0.15, 0.2) is 54.6 Å². The average molecular weight is 392 g/mol. The Hall–Kier alpha value is -2.86. The predicted molar refractivity (Wildman–Crippen MR) is 110 cm³/mol. The molecule has 28 heavy (non-hydrogen) atoms. The van der Waals surface area contributed by atoms with E-state index in [1.165, 1.54) is 0 Å². The standard InChI is InChI=1S/C22H20N2O3S/c25-21(23-14-9-10-18-19(13-14)27-12-11-26-18)15-5-1-2-6-16(15)22-24-17-7-3-4-8-20(17)28-22/h1-4,7-10,13,15-16H,5-6,11-12H2,(H,23,25). The number of anilines is 1. The molecule has 6 heteroatoms. The SMILES string of the molecule is O=C(Nc1ccc2c(c1)OCCO2)C1CC=CCC1c1nc2ccccc2s1. The topological polar surface area (TPSA) is 60.5 Å². The molecule has 1 amide bonds. The van der Waals surface area contributed by atoms with Crippen LogP contribution in [0.3, 0.4) is 0 Å². The minimum Gasteiger partial charge on any atom is -0.486 e. The number of hydrogen-bond donors (Lipinski definition) is 1. The zero-order chi connectivity index (χ0) is 18.9.